The van der Waals surface area contributed by atoms with E-state index in [1.807, 2.05) is 39.0 Å². The Morgan fingerprint density at radius 1 is 1.33 bits per heavy atom. The van der Waals surface area contributed by atoms with Crippen molar-refractivity contribution in [2.75, 3.05) is 0 Å². The first-order valence-electron chi connectivity index (χ1n) is 5.84. The molecule has 0 saturated heterocycles. The molecule has 4 nitrogen and oxygen atoms in total. The predicted molar refractivity (Wildman–Crippen MR) is 73.9 cm³/mol. The molecule has 0 spiro atoms. The van der Waals surface area contributed by atoms with E-state index < -0.39 is 0 Å². The van der Waals surface area contributed by atoms with Gasteiger partial charge in [-0.3, -0.25) is 0 Å². The van der Waals surface area contributed by atoms with Crippen LogP contribution in [0.15, 0.2) is 27.2 Å². The van der Waals surface area contributed by atoms with E-state index in [1.54, 1.807) is 0 Å². The summed E-state index contributed by atoms with van der Waals surface area (Å²) in [5.41, 5.74) is 8.06. The van der Waals surface area contributed by atoms with E-state index in [2.05, 4.69) is 26.1 Å². The number of aryl methyl sites for hydroxylation is 1. The Bertz CT molecular complexity index is 551. The van der Waals surface area contributed by atoms with E-state index in [1.165, 1.54) is 5.56 Å². The summed E-state index contributed by atoms with van der Waals surface area (Å²) in [5, 5.41) is 3.97. The second-order valence-corrected chi connectivity index (χ2v) is 5.54. The minimum atomic E-state index is -0.222. The Labute approximate surface area is 115 Å². The summed E-state index contributed by atoms with van der Waals surface area (Å²) >= 11 is 3.49. The Morgan fingerprint density at radius 2 is 2.06 bits per heavy atom. The van der Waals surface area contributed by atoms with Gasteiger partial charge in [0.25, 0.3) is 0 Å². The summed E-state index contributed by atoms with van der Waals surface area (Å²) in [6.07, 6.45) is 0. The Hall–Kier alpha value is -1.20. The average Bonchev–Trinajstić information content (AvgIpc) is 2.81. The summed E-state index contributed by atoms with van der Waals surface area (Å²) in [5.74, 6) is 1.32. The lowest BCUT2D eigenvalue weighted by atomic mass is 10.1. The summed E-state index contributed by atoms with van der Waals surface area (Å²) in [4.78, 5) is 4.35. The maximum atomic E-state index is 5.98. The molecule has 0 fully saturated rings. The molecule has 0 saturated carbocycles. The molecule has 5 heteroatoms. The SMILES string of the molecule is Cc1ccc(-c2noc([C@H](N)C(C)C)n2)cc1Br. The molecule has 1 aromatic carbocycles. The number of aromatic nitrogens is 2. The highest BCUT2D eigenvalue weighted by atomic mass is 79.9. The standard InChI is InChI=1S/C13H16BrN3O/c1-7(2)11(15)13-16-12(17-18-13)9-5-4-8(3)10(14)6-9/h4-7,11H,15H2,1-3H3/t11-/m1/s1. The molecule has 1 heterocycles. The average molecular weight is 310 g/mol. The normalized spacial score (nSPS) is 13.0. The molecule has 0 aliphatic rings. The number of hydrogen-bond acceptors (Lipinski definition) is 4. The topological polar surface area (TPSA) is 64.9 Å². The van der Waals surface area contributed by atoms with Gasteiger partial charge in [0.2, 0.25) is 11.7 Å². The van der Waals surface area contributed by atoms with E-state index in [9.17, 15) is 0 Å². The zero-order valence-electron chi connectivity index (χ0n) is 10.6. The summed E-state index contributed by atoms with van der Waals surface area (Å²) in [7, 11) is 0. The van der Waals surface area contributed by atoms with Crippen molar-refractivity contribution in [2.45, 2.75) is 26.8 Å². The first kappa shape index (κ1) is 13.2. The van der Waals surface area contributed by atoms with Gasteiger partial charge in [-0.2, -0.15) is 4.98 Å². The first-order chi connectivity index (χ1) is 8.49. The van der Waals surface area contributed by atoms with E-state index >= 15 is 0 Å². The molecular weight excluding hydrogens is 294 g/mol. The van der Waals surface area contributed by atoms with Crippen LogP contribution in [-0.2, 0) is 0 Å². The molecule has 0 radical (unpaired) electrons. The second-order valence-electron chi connectivity index (χ2n) is 4.69. The molecule has 2 aromatic rings. The van der Waals surface area contributed by atoms with Crippen LogP contribution in [0.1, 0.15) is 31.3 Å². The first-order valence-corrected chi connectivity index (χ1v) is 6.64. The van der Waals surface area contributed by atoms with Gasteiger partial charge in [0, 0.05) is 10.0 Å². The number of nitrogens with zero attached hydrogens (tertiary/aromatic N) is 2. The van der Waals surface area contributed by atoms with Crippen molar-refractivity contribution in [1.29, 1.82) is 0 Å². The third-order valence-electron chi connectivity index (χ3n) is 2.88. The number of benzene rings is 1. The summed E-state index contributed by atoms with van der Waals surface area (Å²) < 4.78 is 6.24. The maximum absolute atomic E-state index is 5.98. The Kier molecular flexibility index (Phi) is 3.82. The van der Waals surface area contributed by atoms with Gasteiger partial charge in [-0.05, 0) is 24.5 Å². The van der Waals surface area contributed by atoms with Gasteiger partial charge in [0.15, 0.2) is 0 Å². The van der Waals surface area contributed by atoms with Crippen molar-refractivity contribution in [3.8, 4) is 11.4 Å². The van der Waals surface area contributed by atoms with Gasteiger partial charge in [-0.25, -0.2) is 0 Å². The quantitative estimate of drug-likeness (QED) is 0.943. The molecule has 1 atom stereocenters. The minimum absolute atomic E-state index is 0.222. The molecule has 0 amide bonds. The van der Waals surface area contributed by atoms with Crippen molar-refractivity contribution < 1.29 is 4.52 Å². The van der Waals surface area contributed by atoms with Crippen LogP contribution < -0.4 is 5.73 Å². The summed E-state index contributed by atoms with van der Waals surface area (Å²) in [6.45, 7) is 6.08. The molecule has 2 rings (SSSR count). The molecule has 0 aliphatic carbocycles. The third-order valence-corrected chi connectivity index (χ3v) is 3.73. The van der Waals surface area contributed by atoms with Gasteiger partial charge < -0.3 is 10.3 Å². The van der Waals surface area contributed by atoms with Crippen molar-refractivity contribution in [2.24, 2.45) is 11.7 Å². The second kappa shape index (κ2) is 5.20. The van der Waals surface area contributed by atoms with Crippen LogP contribution in [0.4, 0.5) is 0 Å². The highest BCUT2D eigenvalue weighted by molar-refractivity contribution is 9.10. The van der Waals surface area contributed by atoms with Gasteiger partial charge in [-0.15, -0.1) is 0 Å². The molecule has 0 bridgehead atoms. The zero-order valence-corrected chi connectivity index (χ0v) is 12.2. The molecule has 18 heavy (non-hydrogen) atoms. The van der Waals surface area contributed by atoms with Gasteiger partial charge in [0.1, 0.15) is 0 Å². The number of nitrogens with two attached hydrogens (primary N) is 1. The molecular formula is C13H16BrN3O. The minimum Gasteiger partial charge on any atom is -0.337 e. The van der Waals surface area contributed by atoms with Gasteiger partial charge in [0.05, 0.1) is 6.04 Å². The summed E-state index contributed by atoms with van der Waals surface area (Å²) in [6, 6.07) is 5.73. The van der Waals surface area contributed by atoms with E-state index in [0.717, 1.165) is 10.0 Å². The van der Waals surface area contributed by atoms with Crippen LogP contribution in [0.2, 0.25) is 0 Å². The van der Waals surface area contributed by atoms with Crippen LogP contribution >= 0.6 is 15.9 Å². The van der Waals surface area contributed by atoms with Crippen molar-refractivity contribution in [3.05, 3.63) is 34.1 Å². The largest absolute Gasteiger partial charge is 0.337 e. The maximum Gasteiger partial charge on any atom is 0.244 e. The number of halogens is 1. The highest BCUT2D eigenvalue weighted by Gasteiger charge is 2.18. The highest BCUT2D eigenvalue weighted by Crippen LogP contribution is 2.25. The number of rotatable bonds is 3. The fourth-order valence-electron chi connectivity index (χ4n) is 1.50. The van der Waals surface area contributed by atoms with Crippen molar-refractivity contribution in [1.82, 2.24) is 10.1 Å². The molecule has 0 unspecified atom stereocenters. The van der Waals surface area contributed by atoms with Gasteiger partial charge >= 0.3 is 0 Å². The fraction of sp³-hybridized carbons (Fsp3) is 0.385. The van der Waals surface area contributed by atoms with E-state index in [4.69, 9.17) is 10.3 Å². The zero-order chi connectivity index (χ0) is 13.3. The lowest BCUT2D eigenvalue weighted by Crippen LogP contribution is -2.16. The van der Waals surface area contributed by atoms with Crippen molar-refractivity contribution >= 4 is 15.9 Å². The lowest BCUT2D eigenvalue weighted by molar-refractivity contribution is 0.325. The van der Waals surface area contributed by atoms with Crippen LogP contribution in [-0.4, -0.2) is 10.1 Å². The van der Waals surface area contributed by atoms with Crippen LogP contribution in [0, 0.1) is 12.8 Å². The molecule has 0 aliphatic heterocycles. The molecule has 1 aromatic heterocycles. The van der Waals surface area contributed by atoms with Crippen LogP contribution in [0.3, 0.4) is 0 Å². The lowest BCUT2D eigenvalue weighted by Gasteiger charge is -2.09. The molecule has 2 N–H and O–H groups in total. The van der Waals surface area contributed by atoms with Crippen molar-refractivity contribution in [3.63, 3.8) is 0 Å². The van der Waals surface area contributed by atoms with E-state index in [0.29, 0.717) is 11.7 Å². The van der Waals surface area contributed by atoms with Gasteiger partial charge in [-0.1, -0.05) is 47.1 Å². The Morgan fingerprint density at radius 3 is 2.67 bits per heavy atom. The smallest absolute Gasteiger partial charge is 0.244 e. The predicted octanol–water partition coefficient (Wildman–Crippen LogP) is 3.46. The van der Waals surface area contributed by atoms with Crippen LogP contribution in [0.25, 0.3) is 11.4 Å². The monoisotopic (exact) mass is 309 g/mol. The Balaban J connectivity index is 2.32. The molecule has 96 valence electrons. The van der Waals surface area contributed by atoms with E-state index in [-0.39, 0.29) is 12.0 Å². The fourth-order valence-corrected chi connectivity index (χ4v) is 1.88. The number of hydrogen-bond donors (Lipinski definition) is 1. The van der Waals surface area contributed by atoms with Crippen LogP contribution in [0.5, 0.6) is 0 Å². The third kappa shape index (κ3) is 2.62.